The van der Waals surface area contributed by atoms with E-state index in [9.17, 15) is 8.42 Å². The van der Waals surface area contributed by atoms with Gasteiger partial charge in [-0.3, -0.25) is 0 Å². The van der Waals surface area contributed by atoms with Crippen molar-refractivity contribution in [1.82, 2.24) is 5.32 Å². The number of sulfone groups is 1. The Balaban J connectivity index is 1.84. The fraction of sp³-hybridized carbons (Fsp3) is 0.600. The molecule has 1 fully saturated rings. The van der Waals surface area contributed by atoms with Gasteiger partial charge in [0.25, 0.3) is 0 Å². The van der Waals surface area contributed by atoms with Crippen LogP contribution in [0.4, 0.5) is 0 Å². The van der Waals surface area contributed by atoms with Gasteiger partial charge in [0, 0.05) is 6.04 Å². The largest absolute Gasteiger partial charge is 0.489 e. The van der Waals surface area contributed by atoms with Crippen LogP contribution in [0.5, 0.6) is 5.75 Å². The Hall–Kier alpha value is -1.07. The third-order valence-corrected chi connectivity index (χ3v) is 6.03. The predicted octanol–water partition coefficient (Wildman–Crippen LogP) is 1.85. The molecule has 2 aliphatic rings. The summed E-state index contributed by atoms with van der Waals surface area (Å²) >= 11 is 0. The molecule has 0 spiro atoms. The van der Waals surface area contributed by atoms with Gasteiger partial charge < -0.3 is 10.1 Å². The summed E-state index contributed by atoms with van der Waals surface area (Å²) in [5.74, 6) is 1.29. The molecule has 3 rings (SSSR count). The minimum absolute atomic E-state index is 0.159. The lowest BCUT2D eigenvalue weighted by Gasteiger charge is -2.27. The second-order valence-electron chi connectivity index (χ2n) is 5.70. The van der Waals surface area contributed by atoms with Crippen molar-refractivity contribution >= 4 is 9.84 Å². The highest BCUT2D eigenvalue weighted by atomic mass is 32.2. The fourth-order valence-corrected chi connectivity index (χ4v) is 4.85. The molecule has 2 unspecified atom stereocenters. The van der Waals surface area contributed by atoms with Crippen molar-refractivity contribution in [2.45, 2.75) is 37.8 Å². The van der Waals surface area contributed by atoms with Gasteiger partial charge in [-0.05, 0) is 49.9 Å². The van der Waals surface area contributed by atoms with Crippen molar-refractivity contribution in [3.63, 3.8) is 0 Å². The average molecular weight is 295 g/mol. The zero-order valence-corrected chi connectivity index (χ0v) is 12.6. The van der Waals surface area contributed by atoms with Crippen LogP contribution in [0.3, 0.4) is 0 Å². The van der Waals surface area contributed by atoms with E-state index in [2.05, 4.69) is 11.4 Å². The van der Waals surface area contributed by atoms with E-state index in [1.165, 1.54) is 11.1 Å². The second-order valence-corrected chi connectivity index (χ2v) is 7.93. The van der Waals surface area contributed by atoms with Gasteiger partial charge in [0.15, 0.2) is 9.84 Å². The fourth-order valence-electron chi connectivity index (χ4n) is 3.26. The van der Waals surface area contributed by atoms with Gasteiger partial charge in [0.05, 0.1) is 11.5 Å². The van der Waals surface area contributed by atoms with Gasteiger partial charge in [-0.1, -0.05) is 12.1 Å². The first-order valence-electron chi connectivity index (χ1n) is 7.25. The molecule has 1 aromatic rings. The third-order valence-electron chi connectivity index (χ3n) is 4.30. The Morgan fingerprint density at radius 3 is 2.85 bits per heavy atom. The highest BCUT2D eigenvalue weighted by molar-refractivity contribution is 7.91. The number of benzene rings is 1. The first kappa shape index (κ1) is 13.9. The monoisotopic (exact) mass is 295 g/mol. The molecular formula is C15H21NO3S. The molecule has 1 aliphatic heterocycles. The SMILES string of the molecule is CNC1CCCc2c(OC3CCS(=O)(=O)C3)cccc21. The maximum atomic E-state index is 11.5. The predicted molar refractivity (Wildman–Crippen MR) is 78.9 cm³/mol. The van der Waals surface area contributed by atoms with Crippen LogP contribution in [0.15, 0.2) is 18.2 Å². The highest BCUT2D eigenvalue weighted by Gasteiger charge is 2.30. The van der Waals surface area contributed by atoms with Crippen molar-refractivity contribution in [2.75, 3.05) is 18.6 Å². The molecule has 1 N–H and O–H groups in total. The van der Waals surface area contributed by atoms with Crippen molar-refractivity contribution in [2.24, 2.45) is 0 Å². The number of nitrogens with one attached hydrogen (secondary N) is 1. The van der Waals surface area contributed by atoms with Crippen molar-refractivity contribution in [3.05, 3.63) is 29.3 Å². The minimum atomic E-state index is -2.89. The Morgan fingerprint density at radius 1 is 1.30 bits per heavy atom. The maximum absolute atomic E-state index is 11.5. The summed E-state index contributed by atoms with van der Waals surface area (Å²) in [7, 11) is -0.907. The number of fused-ring (bicyclic) bond motifs is 1. The first-order chi connectivity index (χ1) is 9.59. The van der Waals surface area contributed by atoms with Gasteiger partial charge in [0.2, 0.25) is 0 Å². The normalized spacial score (nSPS) is 28.1. The standard InChI is InChI=1S/C15H21NO3S/c1-16-14-6-2-5-13-12(14)4-3-7-15(13)19-11-8-9-20(17,18)10-11/h3-4,7,11,14,16H,2,5-6,8-10H2,1H3. The Bertz CT molecular complexity index is 597. The quantitative estimate of drug-likeness (QED) is 0.924. The van der Waals surface area contributed by atoms with Gasteiger partial charge in [-0.2, -0.15) is 0 Å². The zero-order chi connectivity index (χ0) is 14.2. The zero-order valence-electron chi connectivity index (χ0n) is 11.8. The van der Waals surface area contributed by atoms with E-state index in [1.807, 2.05) is 19.2 Å². The Morgan fingerprint density at radius 2 is 2.15 bits per heavy atom. The van der Waals surface area contributed by atoms with Crippen LogP contribution in [-0.2, 0) is 16.3 Å². The first-order valence-corrected chi connectivity index (χ1v) is 9.07. The molecule has 0 bridgehead atoms. The van der Waals surface area contributed by atoms with E-state index in [1.54, 1.807) is 0 Å². The summed E-state index contributed by atoms with van der Waals surface area (Å²) < 4.78 is 29.1. The van der Waals surface area contributed by atoms with E-state index in [0.717, 1.165) is 25.0 Å². The van der Waals surface area contributed by atoms with Crippen LogP contribution in [0.2, 0.25) is 0 Å². The molecule has 0 aromatic heterocycles. The highest BCUT2D eigenvalue weighted by Crippen LogP contribution is 2.36. The van der Waals surface area contributed by atoms with Crippen LogP contribution in [0.25, 0.3) is 0 Å². The molecule has 1 saturated heterocycles. The molecule has 0 amide bonds. The molecule has 4 nitrogen and oxygen atoms in total. The van der Waals surface area contributed by atoms with E-state index < -0.39 is 9.84 Å². The van der Waals surface area contributed by atoms with E-state index >= 15 is 0 Å². The molecule has 1 aromatic carbocycles. The third kappa shape index (κ3) is 2.69. The summed E-state index contributed by atoms with van der Waals surface area (Å²) in [5, 5.41) is 3.34. The van der Waals surface area contributed by atoms with Gasteiger partial charge in [-0.25, -0.2) is 8.42 Å². The van der Waals surface area contributed by atoms with Crippen LogP contribution in [0.1, 0.15) is 36.4 Å². The smallest absolute Gasteiger partial charge is 0.154 e. The summed E-state index contributed by atoms with van der Waals surface area (Å²) in [6.07, 6.45) is 3.73. The summed E-state index contributed by atoms with van der Waals surface area (Å²) in [6, 6.07) is 6.51. The molecule has 5 heteroatoms. The molecule has 1 aliphatic carbocycles. The number of ether oxygens (including phenoxy) is 1. The van der Waals surface area contributed by atoms with Crippen LogP contribution >= 0.6 is 0 Å². The second kappa shape index (κ2) is 5.37. The van der Waals surface area contributed by atoms with Crippen molar-refractivity contribution in [1.29, 1.82) is 0 Å². The summed E-state index contributed by atoms with van der Waals surface area (Å²) in [6.45, 7) is 0. The van der Waals surface area contributed by atoms with E-state index in [4.69, 9.17) is 4.74 Å². The minimum Gasteiger partial charge on any atom is -0.489 e. The van der Waals surface area contributed by atoms with E-state index in [0.29, 0.717) is 12.5 Å². The average Bonchev–Trinajstić information content (AvgIpc) is 2.78. The molecule has 110 valence electrons. The Kier molecular flexibility index (Phi) is 3.73. The molecule has 2 atom stereocenters. The number of rotatable bonds is 3. The molecular weight excluding hydrogens is 274 g/mol. The van der Waals surface area contributed by atoms with E-state index in [-0.39, 0.29) is 17.6 Å². The van der Waals surface area contributed by atoms with Crippen LogP contribution < -0.4 is 10.1 Å². The summed E-state index contributed by atoms with van der Waals surface area (Å²) in [4.78, 5) is 0. The lowest BCUT2D eigenvalue weighted by atomic mass is 9.87. The maximum Gasteiger partial charge on any atom is 0.154 e. The van der Waals surface area contributed by atoms with Gasteiger partial charge in [-0.15, -0.1) is 0 Å². The van der Waals surface area contributed by atoms with Crippen molar-refractivity contribution < 1.29 is 13.2 Å². The lowest BCUT2D eigenvalue weighted by molar-refractivity contribution is 0.225. The molecule has 20 heavy (non-hydrogen) atoms. The molecule has 0 saturated carbocycles. The number of hydrogen-bond acceptors (Lipinski definition) is 4. The summed E-state index contributed by atoms with van der Waals surface area (Å²) in [5.41, 5.74) is 2.56. The van der Waals surface area contributed by atoms with Gasteiger partial charge in [0.1, 0.15) is 11.9 Å². The van der Waals surface area contributed by atoms with Crippen LogP contribution in [0, 0.1) is 0 Å². The molecule has 1 heterocycles. The van der Waals surface area contributed by atoms with Gasteiger partial charge >= 0.3 is 0 Å². The number of hydrogen-bond donors (Lipinski definition) is 1. The van der Waals surface area contributed by atoms with Crippen LogP contribution in [-0.4, -0.2) is 33.1 Å². The Labute approximate surface area is 120 Å². The lowest BCUT2D eigenvalue weighted by Crippen LogP contribution is -2.23. The molecule has 0 radical (unpaired) electrons. The topological polar surface area (TPSA) is 55.4 Å². The van der Waals surface area contributed by atoms with Crippen molar-refractivity contribution in [3.8, 4) is 5.75 Å².